The Morgan fingerprint density at radius 3 is 3.00 bits per heavy atom. The second-order valence-electron chi connectivity index (χ2n) is 7.42. The second-order valence-corrected chi connectivity index (χ2v) is 8.50. The van der Waals surface area contributed by atoms with Crippen molar-refractivity contribution in [2.45, 2.75) is 39.2 Å². The van der Waals surface area contributed by atoms with E-state index in [0.29, 0.717) is 27.5 Å². The number of nitrogens with one attached hydrogen (secondary N) is 1. The van der Waals surface area contributed by atoms with Crippen LogP contribution in [0.4, 0.5) is 4.39 Å². The topological polar surface area (TPSA) is 72.0 Å². The van der Waals surface area contributed by atoms with Crippen LogP contribution < -0.4 is 5.56 Å². The minimum absolute atomic E-state index is 0.193. The number of rotatable bonds is 4. The highest BCUT2D eigenvalue weighted by Gasteiger charge is 2.24. The molecule has 0 spiro atoms. The minimum Gasteiger partial charge on any atom is -0.451 e. The van der Waals surface area contributed by atoms with Crippen LogP contribution >= 0.6 is 11.3 Å². The zero-order chi connectivity index (χ0) is 20.5. The molecule has 0 radical (unpaired) electrons. The van der Waals surface area contributed by atoms with Crippen molar-refractivity contribution in [1.29, 1.82) is 0 Å². The van der Waals surface area contributed by atoms with Crippen LogP contribution in [0.25, 0.3) is 16.3 Å². The molecule has 5 nitrogen and oxygen atoms in total. The van der Waals surface area contributed by atoms with Gasteiger partial charge in [-0.15, -0.1) is 11.3 Å². The van der Waals surface area contributed by atoms with Crippen molar-refractivity contribution in [3.63, 3.8) is 0 Å². The molecule has 0 bridgehead atoms. The summed E-state index contributed by atoms with van der Waals surface area (Å²) < 4.78 is 19.0. The maximum absolute atomic E-state index is 13.6. The van der Waals surface area contributed by atoms with E-state index in [0.717, 1.165) is 30.9 Å². The average molecular weight is 412 g/mol. The molecule has 0 saturated heterocycles. The molecule has 0 amide bonds. The number of benzene rings is 1. The molecule has 1 aromatic carbocycles. The van der Waals surface area contributed by atoms with Gasteiger partial charge >= 0.3 is 5.97 Å². The first-order chi connectivity index (χ1) is 13.9. The van der Waals surface area contributed by atoms with Gasteiger partial charge in [-0.3, -0.25) is 4.79 Å². The van der Waals surface area contributed by atoms with Crippen molar-refractivity contribution in [3.8, 4) is 0 Å². The minimum atomic E-state index is -0.733. The molecule has 2 atom stereocenters. The number of halogens is 1. The average Bonchev–Trinajstić information content (AvgIpc) is 3.05. The third-order valence-corrected chi connectivity index (χ3v) is 6.31. The van der Waals surface area contributed by atoms with E-state index in [9.17, 15) is 14.0 Å². The molecular weight excluding hydrogens is 391 g/mol. The lowest BCUT2D eigenvalue weighted by molar-refractivity contribution is -0.142. The molecule has 0 fully saturated rings. The Morgan fingerprint density at radius 2 is 2.21 bits per heavy atom. The molecule has 0 aliphatic heterocycles. The maximum Gasteiger partial charge on any atom is 0.331 e. The molecule has 2 heterocycles. The Balaban J connectivity index is 1.54. The third-order valence-electron chi connectivity index (χ3n) is 5.17. The lowest BCUT2D eigenvalue weighted by Gasteiger charge is -2.17. The molecule has 7 heteroatoms. The zero-order valence-corrected chi connectivity index (χ0v) is 17.0. The lowest BCUT2D eigenvalue weighted by Crippen LogP contribution is -2.17. The van der Waals surface area contributed by atoms with Crippen LogP contribution in [0.15, 0.2) is 35.1 Å². The van der Waals surface area contributed by atoms with Crippen molar-refractivity contribution in [1.82, 2.24) is 9.97 Å². The van der Waals surface area contributed by atoms with Crippen LogP contribution in [-0.2, 0) is 22.4 Å². The number of thiophene rings is 1. The number of aromatic amines is 1. The van der Waals surface area contributed by atoms with Crippen LogP contribution in [0.5, 0.6) is 0 Å². The van der Waals surface area contributed by atoms with Crippen molar-refractivity contribution >= 4 is 33.6 Å². The molecule has 0 unspecified atom stereocenters. The summed E-state index contributed by atoms with van der Waals surface area (Å²) in [4.78, 5) is 34.0. The summed E-state index contributed by atoms with van der Waals surface area (Å²) in [5.41, 5.74) is 1.21. The largest absolute Gasteiger partial charge is 0.451 e. The van der Waals surface area contributed by atoms with E-state index < -0.39 is 17.9 Å². The molecule has 150 valence electrons. The molecule has 0 saturated carbocycles. The Hall–Kier alpha value is -2.80. The van der Waals surface area contributed by atoms with E-state index in [2.05, 4.69) is 16.9 Å². The number of aromatic nitrogens is 2. The first kappa shape index (κ1) is 19.5. The van der Waals surface area contributed by atoms with Crippen LogP contribution in [0.2, 0.25) is 0 Å². The Morgan fingerprint density at radius 1 is 1.41 bits per heavy atom. The maximum atomic E-state index is 13.6. The van der Waals surface area contributed by atoms with Gasteiger partial charge in [0, 0.05) is 16.5 Å². The van der Waals surface area contributed by atoms with Gasteiger partial charge in [0.25, 0.3) is 5.56 Å². The van der Waals surface area contributed by atoms with Gasteiger partial charge in [-0.25, -0.2) is 14.2 Å². The van der Waals surface area contributed by atoms with Crippen molar-refractivity contribution < 1.29 is 13.9 Å². The van der Waals surface area contributed by atoms with Crippen LogP contribution in [0.3, 0.4) is 0 Å². The van der Waals surface area contributed by atoms with Crippen LogP contribution in [-0.4, -0.2) is 15.9 Å². The highest BCUT2D eigenvalue weighted by Crippen LogP contribution is 2.35. The summed E-state index contributed by atoms with van der Waals surface area (Å²) in [6.07, 6.45) is 4.72. The number of hydrogen-bond acceptors (Lipinski definition) is 5. The number of carbonyl (C=O) groups excluding carboxylic acids is 1. The first-order valence-corrected chi connectivity index (χ1v) is 10.4. The van der Waals surface area contributed by atoms with E-state index in [1.807, 2.05) is 0 Å². The van der Waals surface area contributed by atoms with Gasteiger partial charge in [-0.1, -0.05) is 25.1 Å². The monoisotopic (exact) mass is 412 g/mol. The highest BCUT2D eigenvalue weighted by atomic mass is 32.1. The number of aryl methyl sites for hydroxylation is 1. The highest BCUT2D eigenvalue weighted by molar-refractivity contribution is 7.18. The fourth-order valence-electron chi connectivity index (χ4n) is 3.60. The normalized spacial score (nSPS) is 17.4. The Kier molecular flexibility index (Phi) is 5.32. The van der Waals surface area contributed by atoms with Gasteiger partial charge in [0.1, 0.15) is 10.6 Å². The zero-order valence-electron chi connectivity index (χ0n) is 16.2. The standard InChI is InChI=1S/C22H21FN2O3S/c1-12-7-9-15-17(11-12)29-22-19(15)21(27)24-20(25-22)13(2)28-18(26)10-8-14-5-3-4-6-16(14)23/h3-6,8,10,12-13H,7,9,11H2,1-2H3,(H,24,25,27)/b10-8+/t12-,13-/m1/s1. The molecule has 1 aliphatic rings. The Labute approximate surface area is 171 Å². The predicted octanol–water partition coefficient (Wildman–Crippen LogP) is 4.57. The van der Waals surface area contributed by atoms with Crippen molar-refractivity contribution in [2.75, 3.05) is 0 Å². The van der Waals surface area contributed by atoms with E-state index in [-0.39, 0.29) is 5.56 Å². The van der Waals surface area contributed by atoms with Gasteiger partial charge in [0.15, 0.2) is 11.9 Å². The number of fused-ring (bicyclic) bond motifs is 3. The molecule has 29 heavy (non-hydrogen) atoms. The molecular formula is C22H21FN2O3S. The van der Waals surface area contributed by atoms with Crippen LogP contribution in [0.1, 0.15) is 48.2 Å². The fourth-order valence-corrected chi connectivity index (χ4v) is 4.99. The van der Waals surface area contributed by atoms with Crippen molar-refractivity contribution in [2.24, 2.45) is 5.92 Å². The number of carbonyl (C=O) groups is 1. The van der Waals surface area contributed by atoms with E-state index >= 15 is 0 Å². The quantitative estimate of drug-likeness (QED) is 0.503. The summed E-state index contributed by atoms with van der Waals surface area (Å²) in [6, 6.07) is 6.14. The Bertz CT molecular complexity index is 1160. The van der Waals surface area contributed by atoms with E-state index in [4.69, 9.17) is 4.74 Å². The van der Waals surface area contributed by atoms with Gasteiger partial charge < -0.3 is 9.72 Å². The first-order valence-electron chi connectivity index (χ1n) is 9.60. The van der Waals surface area contributed by atoms with Gasteiger partial charge in [0.2, 0.25) is 0 Å². The van der Waals surface area contributed by atoms with E-state index in [1.54, 1.807) is 36.5 Å². The summed E-state index contributed by atoms with van der Waals surface area (Å²) in [7, 11) is 0. The molecule has 4 rings (SSSR count). The van der Waals surface area contributed by atoms with Gasteiger partial charge in [-0.2, -0.15) is 0 Å². The molecule has 2 aromatic heterocycles. The third kappa shape index (κ3) is 4.00. The van der Waals surface area contributed by atoms with Gasteiger partial charge in [-0.05, 0) is 49.8 Å². The predicted molar refractivity (Wildman–Crippen MR) is 111 cm³/mol. The summed E-state index contributed by atoms with van der Waals surface area (Å²) in [5.74, 6) is -0.142. The number of nitrogens with zero attached hydrogens (tertiary/aromatic N) is 1. The number of esters is 1. The molecule has 1 N–H and O–H groups in total. The SMILES string of the molecule is C[C@@H]1CCc2c(sc3nc([C@@H](C)OC(=O)/C=C/c4ccccc4F)[nH]c(=O)c23)C1. The molecule has 1 aliphatic carbocycles. The summed E-state index contributed by atoms with van der Waals surface area (Å²) in [5, 5.41) is 0.665. The second kappa shape index (κ2) is 7.91. The number of hydrogen-bond donors (Lipinski definition) is 1. The number of H-pyrrole nitrogens is 1. The summed E-state index contributed by atoms with van der Waals surface area (Å²) in [6.45, 7) is 3.86. The lowest BCUT2D eigenvalue weighted by atomic mass is 9.89. The van der Waals surface area contributed by atoms with Crippen molar-refractivity contribution in [3.05, 3.63) is 68.3 Å². The van der Waals surface area contributed by atoms with E-state index in [1.165, 1.54) is 17.0 Å². The smallest absolute Gasteiger partial charge is 0.331 e. The van der Waals surface area contributed by atoms with Gasteiger partial charge in [0.05, 0.1) is 5.39 Å². The van der Waals surface area contributed by atoms with Crippen LogP contribution in [0, 0.1) is 11.7 Å². The molecule has 3 aromatic rings. The number of ether oxygens (including phenoxy) is 1. The fraction of sp³-hybridized carbons (Fsp3) is 0.318. The summed E-state index contributed by atoms with van der Waals surface area (Å²) >= 11 is 1.55.